The number of nitrogens with one attached hydrogen (secondary N) is 3. The van der Waals surface area contributed by atoms with Crippen molar-refractivity contribution in [3.63, 3.8) is 0 Å². The lowest BCUT2D eigenvalue weighted by Gasteiger charge is -2.29. The topological polar surface area (TPSA) is 128 Å². The predicted octanol–water partition coefficient (Wildman–Crippen LogP) is 5.71. The fraction of sp³-hybridized carbons (Fsp3) is 0.419. The summed E-state index contributed by atoms with van der Waals surface area (Å²) in [5.74, 6) is 0.918. The second-order valence-corrected chi connectivity index (χ2v) is 14.1. The number of terminal acetylenes is 1. The molecular formula is C43H53N3O5. The first-order valence-corrected chi connectivity index (χ1v) is 18.1. The molecule has 3 amide bonds. The van der Waals surface area contributed by atoms with E-state index in [4.69, 9.17) is 6.42 Å². The fourth-order valence-corrected chi connectivity index (χ4v) is 6.70. The summed E-state index contributed by atoms with van der Waals surface area (Å²) in [6.07, 6.45) is 6.27. The molecule has 51 heavy (non-hydrogen) atoms. The van der Waals surface area contributed by atoms with Gasteiger partial charge in [-0.25, -0.2) is 0 Å². The molecule has 0 spiro atoms. The molecule has 0 radical (unpaired) electrons. The van der Waals surface area contributed by atoms with Crippen molar-refractivity contribution in [2.45, 2.75) is 90.4 Å². The third-order valence-corrected chi connectivity index (χ3v) is 9.80. The standard InChI is InChI=1S/C43H53N3O5/c1-6-14-37(43(51)46-38(23-28(3)4)40(48)26-41(49)44-39(27-47)29(5)7-2)45-42(50)34(24-32-19-12-17-30-15-8-10-21-35(30)32)25-33-20-13-18-31-16-9-11-22-36(31)33/h1,8-13,15-22,28-29,34,37-40,47-48H,7,14,23-27H2,2-5H3,(H,44,49)(H,45,50)(H,46,51)/t29-,37?,38-,39+,40-/m0/s1. The van der Waals surface area contributed by atoms with Gasteiger partial charge in [-0.1, -0.05) is 119 Å². The molecule has 0 aliphatic rings. The van der Waals surface area contributed by atoms with Crippen molar-refractivity contribution in [3.05, 3.63) is 96.1 Å². The van der Waals surface area contributed by atoms with Crippen LogP contribution in [0.1, 0.15) is 64.5 Å². The minimum atomic E-state index is -1.19. The Balaban J connectivity index is 1.56. The Bertz CT molecular complexity index is 1720. The molecule has 5 atom stereocenters. The molecule has 8 nitrogen and oxygen atoms in total. The zero-order valence-electron chi connectivity index (χ0n) is 30.3. The number of carbonyl (C=O) groups is 3. The van der Waals surface area contributed by atoms with Gasteiger partial charge < -0.3 is 26.2 Å². The van der Waals surface area contributed by atoms with Crippen molar-refractivity contribution >= 4 is 39.3 Å². The number of aliphatic hydroxyl groups is 2. The Morgan fingerprint density at radius 3 is 1.80 bits per heavy atom. The second kappa shape index (κ2) is 19.1. The summed E-state index contributed by atoms with van der Waals surface area (Å²) in [4.78, 5) is 41.0. The molecule has 0 aliphatic carbocycles. The maximum absolute atomic E-state index is 14.3. The number of rotatable bonds is 18. The van der Waals surface area contributed by atoms with Gasteiger partial charge in [0.25, 0.3) is 0 Å². The predicted molar refractivity (Wildman–Crippen MR) is 205 cm³/mol. The van der Waals surface area contributed by atoms with Gasteiger partial charge in [0.15, 0.2) is 0 Å². The van der Waals surface area contributed by atoms with Gasteiger partial charge in [0, 0.05) is 12.3 Å². The Morgan fingerprint density at radius 1 is 0.745 bits per heavy atom. The number of aliphatic hydroxyl groups excluding tert-OH is 2. The van der Waals surface area contributed by atoms with Crippen LogP contribution in [-0.2, 0) is 27.2 Å². The minimum absolute atomic E-state index is 0.0507. The van der Waals surface area contributed by atoms with Crippen LogP contribution in [0.2, 0.25) is 0 Å². The van der Waals surface area contributed by atoms with E-state index in [0.717, 1.165) is 39.1 Å². The Labute approximate surface area is 302 Å². The lowest BCUT2D eigenvalue weighted by molar-refractivity contribution is -0.132. The van der Waals surface area contributed by atoms with Gasteiger partial charge in [-0.05, 0) is 63.8 Å². The molecule has 0 saturated carbocycles. The summed E-state index contributed by atoms with van der Waals surface area (Å²) >= 11 is 0. The van der Waals surface area contributed by atoms with E-state index in [9.17, 15) is 24.6 Å². The van der Waals surface area contributed by atoms with Crippen LogP contribution in [0.5, 0.6) is 0 Å². The van der Waals surface area contributed by atoms with Crippen LogP contribution < -0.4 is 16.0 Å². The number of benzene rings is 4. The molecule has 8 heteroatoms. The zero-order chi connectivity index (χ0) is 36.9. The molecule has 0 fully saturated rings. The molecule has 0 heterocycles. The molecule has 4 aromatic carbocycles. The highest BCUT2D eigenvalue weighted by atomic mass is 16.3. The maximum Gasteiger partial charge on any atom is 0.243 e. The SMILES string of the molecule is C#CCC(NC(=O)C(Cc1cccc2ccccc12)Cc1cccc2ccccc12)C(=O)N[C@@H](CC(C)C)[C@@H](O)CC(=O)N[C@H](CO)[C@@H](C)CC. The number of fused-ring (bicyclic) bond motifs is 2. The molecule has 4 rings (SSSR count). The van der Waals surface area contributed by atoms with Crippen molar-refractivity contribution in [3.8, 4) is 12.3 Å². The van der Waals surface area contributed by atoms with Crippen molar-refractivity contribution < 1.29 is 24.6 Å². The average Bonchev–Trinajstić information content (AvgIpc) is 3.12. The van der Waals surface area contributed by atoms with Crippen molar-refractivity contribution in [1.82, 2.24) is 16.0 Å². The molecule has 0 saturated heterocycles. The zero-order valence-corrected chi connectivity index (χ0v) is 30.3. The monoisotopic (exact) mass is 691 g/mol. The third-order valence-electron chi connectivity index (χ3n) is 9.80. The van der Waals surface area contributed by atoms with Crippen LogP contribution in [0, 0.1) is 30.1 Å². The van der Waals surface area contributed by atoms with Crippen LogP contribution in [0.15, 0.2) is 84.9 Å². The van der Waals surface area contributed by atoms with Crippen molar-refractivity contribution in [2.24, 2.45) is 17.8 Å². The lowest BCUT2D eigenvalue weighted by atomic mass is 9.87. The third kappa shape index (κ3) is 10.9. The molecule has 0 bridgehead atoms. The Kier molecular flexibility index (Phi) is 14.6. The molecule has 0 aliphatic heterocycles. The molecule has 0 aromatic heterocycles. The van der Waals surface area contributed by atoms with Crippen LogP contribution in [0.25, 0.3) is 21.5 Å². The van der Waals surface area contributed by atoms with Gasteiger partial charge >= 0.3 is 0 Å². The van der Waals surface area contributed by atoms with Gasteiger partial charge in [-0.15, -0.1) is 12.3 Å². The number of hydrogen-bond acceptors (Lipinski definition) is 5. The van der Waals surface area contributed by atoms with Gasteiger partial charge in [0.1, 0.15) is 6.04 Å². The molecular weight excluding hydrogens is 638 g/mol. The first-order valence-electron chi connectivity index (χ1n) is 18.1. The Hall–Kier alpha value is -4.71. The number of amides is 3. The van der Waals surface area contributed by atoms with E-state index in [-0.39, 0.29) is 37.2 Å². The maximum atomic E-state index is 14.3. The smallest absolute Gasteiger partial charge is 0.243 e. The van der Waals surface area contributed by atoms with Crippen LogP contribution >= 0.6 is 0 Å². The minimum Gasteiger partial charge on any atom is -0.394 e. The first kappa shape index (κ1) is 39.1. The van der Waals surface area contributed by atoms with Crippen molar-refractivity contribution in [2.75, 3.05) is 6.61 Å². The molecule has 1 unspecified atom stereocenters. The van der Waals surface area contributed by atoms with E-state index in [1.807, 2.05) is 100 Å². The van der Waals surface area contributed by atoms with Crippen LogP contribution in [0.3, 0.4) is 0 Å². The van der Waals surface area contributed by atoms with Crippen LogP contribution in [0.4, 0.5) is 0 Å². The lowest BCUT2D eigenvalue weighted by Crippen LogP contribution is -2.54. The van der Waals surface area contributed by atoms with Gasteiger partial charge in [0.2, 0.25) is 17.7 Å². The Morgan fingerprint density at radius 2 is 1.29 bits per heavy atom. The summed E-state index contributed by atoms with van der Waals surface area (Å²) in [6.45, 7) is 7.63. The van der Waals surface area contributed by atoms with Gasteiger partial charge in [0.05, 0.1) is 31.2 Å². The summed E-state index contributed by atoms with van der Waals surface area (Å²) in [7, 11) is 0. The number of hydrogen-bond donors (Lipinski definition) is 5. The van der Waals surface area contributed by atoms with Crippen LogP contribution in [-0.4, -0.2) is 58.8 Å². The summed E-state index contributed by atoms with van der Waals surface area (Å²) in [5.41, 5.74) is 2.06. The van der Waals surface area contributed by atoms with Gasteiger partial charge in [-0.2, -0.15) is 0 Å². The van der Waals surface area contributed by atoms with Crippen molar-refractivity contribution in [1.29, 1.82) is 0 Å². The second-order valence-electron chi connectivity index (χ2n) is 14.1. The molecule has 4 aromatic rings. The quantitative estimate of drug-likeness (QED) is 0.0855. The fourth-order valence-electron chi connectivity index (χ4n) is 6.70. The van der Waals surface area contributed by atoms with E-state index in [2.05, 4.69) is 34.0 Å². The summed E-state index contributed by atoms with van der Waals surface area (Å²) < 4.78 is 0. The molecule has 5 N–H and O–H groups in total. The van der Waals surface area contributed by atoms with Gasteiger partial charge in [-0.3, -0.25) is 14.4 Å². The molecule has 270 valence electrons. The van der Waals surface area contributed by atoms with E-state index < -0.39 is 42.0 Å². The highest BCUT2D eigenvalue weighted by Gasteiger charge is 2.31. The average molecular weight is 692 g/mol. The van der Waals surface area contributed by atoms with E-state index in [1.54, 1.807) is 0 Å². The normalized spacial score (nSPS) is 14.4. The largest absolute Gasteiger partial charge is 0.394 e. The summed E-state index contributed by atoms with van der Waals surface area (Å²) in [6, 6.07) is 26.1. The first-order chi connectivity index (χ1) is 24.5. The van der Waals surface area contributed by atoms with E-state index >= 15 is 0 Å². The van der Waals surface area contributed by atoms with E-state index in [1.165, 1.54) is 0 Å². The van der Waals surface area contributed by atoms with E-state index in [0.29, 0.717) is 19.3 Å². The highest BCUT2D eigenvalue weighted by Crippen LogP contribution is 2.26. The number of carbonyl (C=O) groups excluding carboxylic acids is 3. The summed E-state index contributed by atoms with van der Waals surface area (Å²) in [5, 5.41) is 33.9. The highest BCUT2D eigenvalue weighted by molar-refractivity contribution is 5.91.